The van der Waals surface area contributed by atoms with Crippen molar-refractivity contribution in [2.24, 2.45) is 5.92 Å². The van der Waals surface area contributed by atoms with Gasteiger partial charge in [-0.05, 0) is 54.1 Å². The lowest BCUT2D eigenvalue weighted by atomic mass is 10.1. The predicted octanol–water partition coefficient (Wildman–Crippen LogP) is 5.76. The van der Waals surface area contributed by atoms with E-state index >= 15 is 0 Å². The second-order valence-corrected chi connectivity index (χ2v) is 9.78. The summed E-state index contributed by atoms with van der Waals surface area (Å²) in [4.78, 5) is 39.2. The minimum atomic E-state index is -0.576. The topological polar surface area (TPSA) is 87.7 Å². The molecule has 1 aliphatic heterocycles. The van der Waals surface area contributed by atoms with Crippen molar-refractivity contribution in [2.45, 2.75) is 20.4 Å². The largest absolute Gasteiger partial charge is 0.472 e. The third-order valence-electron chi connectivity index (χ3n) is 5.53. The van der Waals surface area contributed by atoms with Gasteiger partial charge in [-0.25, -0.2) is 4.39 Å². The molecule has 0 saturated heterocycles. The normalized spacial score (nSPS) is 12.7. The van der Waals surface area contributed by atoms with Crippen LogP contribution in [0.1, 0.15) is 40.1 Å². The lowest BCUT2D eigenvalue weighted by molar-refractivity contribution is -0.124. The van der Waals surface area contributed by atoms with E-state index in [0.29, 0.717) is 21.5 Å². The second kappa shape index (κ2) is 10.7. The van der Waals surface area contributed by atoms with Crippen molar-refractivity contribution in [3.63, 3.8) is 0 Å². The molecule has 10 heteroatoms. The molecular weight excluding hydrogens is 553 g/mol. The first-order valence-corrected chi connectivity index (χ1v) is 12.2. The second-order valence-electron chi connectivity index (χ2n) is 8.45. The van der Waals surface area contributed by atoms with E-state index in [2.05, 4.69) is 26.6 Å². The lowest BCUT2D eigenvalue weighted by Crippen LogP contribution is -2.39. The Labute approximate surface area is 220 Å². The number of hydrogen-bond acceptors (Lipinski definition) is 4. The highest BCUT2D eigenvalue weighted by atomic mass is 79.9. The van der Waals surface area contributed by atoms with Gasteiger partial charge in [0.15, 0.2) is 6.73 Å². The van der Waals surface area contributed by atoms with Gasteiger partial charge in [0.1, 0.15) is 11.6 Å². The number of rotatable bonds is 6. The van der Waals surface area contributed by atoms with E-state index in [9.17, 15) is 18.8 Å². The summed E-state index contributed by atoms with van der Waals surface area (Å²) in [5.41, 5.74) is 1.52. The SMILES string of the molecule is CC(C)C(=O)NCc1ccc(Cl)c(C(=O)Nc2ccc3c(c2)C(=O)N(c2ccc(Br)cc2F)CO3)c1. The third-order valence-corrected chi connectivity index (χ3v) is 6.35. The number of amides is 3. The Morgan fingerprint density at radius 2 is 1.92 bits per heavy atom. The zero-order chi connectivity index (χ0) is 26.0. The maximum Gasteiger partial charge on any atom is 0.264 e. The summed E-state index contributed by atoms with van der Waals surface area (Å²) in [7, 11) is 0. The van der Waals surface area contributed by atoms with Crippen molar-refractivity contribution in [3.8, 4) is 5.75 Å². The molecule has 3 aromatic rings. The Morgan fingerprint density at radius 3 is 2.64 bits per heavy atom. The molecule has 1 heterocycles. The van der Waals surface area contributed by atoms with Gasteiger partial charge in [0.05, 0.1) is 21.8 Å². The molecule has 0 bridgehead atoms. The Hall–Kier alpha value is -3.43. The van der Waals surface area contributed by atoms with Crippen LogP contribution >= 0.6 is 27.5 Å². The summed E-state index contributed by atoms with van der Waals surface area (Å²) in [5.74, 6) is -1.46. The molecule has 4 rings (SSSR count). The van der Waals surface area contributed by atoms with Crippen LogP contribution in [0.5, 0.6) is 5.75 Å². The molecule has 3 aromatic carbocycles. The highest BCUT2D eigenvalue weighted by Gasteiger charge is 2.29. The van der Waals surface area contributed by atoms with Gasteiger partial charge >= 0.3 is 0 Å². The van der Waals surface area contributed by atoms with Crippen LogP contribution in [-0.2, 0) is 11.3 Å². The number of ether oxygens (including phenoxy) is 1. The van der Waals surface area contributed by atoms with Gasteiger partial charge in [-0.3, -0.25) is 19.3 Å². The maximum absolute atomic E-state index is 14.5. The minimum absolute atomic E-state index is 0.0800. The molecule has 2 N–H and O–H groups in total. The number of carbonyl (C=O) groups is 3. The van der Waals surface area contributed by atoms with Gasteiger partial charge in [0.2, 0.25) is 5.91 Å². The van der Waals surface area contributed by atoms with Crippen LogP contribution in [0.15, 0.2) is 59.1 Å². The molecule has 0 aliphatic carbocycles. The highest BCUT2D eigenvalue weighted by molar-refractivity contribution is 9.10. The Kier molecular flexibility index (Phi) is 7.61. The third kappa shape index (κ3) is 5.52. The van der Waals surface area contributed by atoms with Crippen molar-refractivity contribution < 1.29 is 23.5 Å². The molecule has 1 aliphatic rings. The molecule has 0 fully saturated rings. The first-order valence-electron chi connectivity index (χ1n) is 11.1. The number of carbonyl (C=O) groups excluding carboxylic acids is 3. The van der Waals surface area contributed by atoms with Crippen LogP contribution < -0.4 is 20.3 Å². The predicted molar refractivity (Wildman–Crippen MR) is 139 cm³/mol. The number of fused-ring (bicyclic) bond motifs is 1. The Morgan fingerprint density at radius 1 is 1.14 bits per heavy atom. The fourth-order valence-corrected chi connectivity index (χ4v) is 4.10. The molecule has 0 aromatic heterocycles. The number of anilines is 2. The van der Waals surface area contributed by atoms with Crippen molar-refractivity contribution in [2.75, 3.05) is 16.9 Å². The standard InChI is InChI=1S/C26H22BrClFN3O4/c1-14(2)24(33)30-12-15-3-6-20(28)18(9-15)25(34)31-17-5-8-23-19(11-17)26(35)32(13-36-23)22-7-4-16(27)10-21(22)29/h3-11,14H,12-13H2,1-2H3,(H,30,33)(H,31,34). The molecule has 0 spiro atoms. The molecule has 36 heavy (non-hydrogen) atoms. The average Bonchev–Trinajstić information content (AvgIpc) is 2.84. The molecule has 0 unspecified atom stereocenters. The van der Waals surface area contributed by atoms with Crippen LogP contribution in [0.3, 0.4) is 0 Å². The van der Waals surface area contributed by atoms with E-state index in [1.807, 2.05) is 0 Å². The number of nitrogens with one attached hydrogen (secondary N) is 2. The van der Waals surface area contributed by atoms with Gasteiger partial charge in [0.25, 0.3) is 11.8 Å². The zero-order valence-electron chi connectivity index (χ0n) is 19.4. The van der Waals surface area contributed by atoms with Gasteiger partial charge < -0.3 is 15.4 Å². The molecule has 0 saturated carbocycles. The Balaban J connectivity index is 1.53. The maximum atomic E-state index is 14.5. The molecule has 7 nitrogen and oxygen atoms in total. The average molecular weight is 575 g/mol. The van der Waals surface area contributed by atoms with E-state index < -0.39 is 17.6 Å². The minimum Gasteiger partial charge on any atom is -0.472 e. The smallest absolute Gasteiger partial charge is 0.264 e. The number of nitrogens with zero attached hydrogens (tertiary/aromatic N) is 1. The van der Waals surface area contributed by atoms with E-state index in [-0.39, 0.29) is 46.9 Å². The van der Waals surface area contributed by atoms with E-state index in [1.54, 1.807) is 50.2 Å². The summed E-state index contributed by atoms with van der Waals surface area (Å²) < 4.78 is 20.7. The van der Waals surface area contributed by atoms with E-state index in [1.165, 1.54) is 23.1 Å². The first-order chi connectivity index (χ1) is 17.1. The molecule has 3 amide bonds. The van der Waals surface area contributed by atoms with Crippen LogP contribution in [0.25, 0.3) is 0 Å². The summed E-state index contributed by atoms with van der Waals surface area (Å²) >= 11 is 9.45. The molecule has 0 atom stereocenters. The van der Waals surface area contributed by atoms with E-state index in [0.717, 1.165) is 0 Å². The van der Waals surface area contributed by atoms with Crippen LogP contribution in [0, 0.1) is 11.7 Å². The zero-order valence-corrected chi connectivity index (χ0v) is 21.7. The number of halogens is 3. The molecular formula is C26H22BrClFN3O4. The summed E-state index contributed by atoms with van der Waals surface area (Å²) in [6.07, 6.45) is 0. The van der Waals surface area contributed by atoms with E-state index in [4.69, 9.17) is 16.3 Å². The monoisotopic (exact) mass is 573 g/mol. The van der Waals surface area contributed by atoms with Gasteiger partial charge in [-0.15, -0.1) is 0 Å². The van der Waals surface area contributed by atoms with Crippen LogP contribution in [-0.4, -0.2) is 24.5 Å². The van der Waals surface area contributed by atoms with Crippen LogP contribution in [0.4, 0.5) is 15.8 Å². The molecule has 0 radical (unpaired) electrons. The van der Waals surface area contributed by atoms with Crippen molar-refractivity contribution in [3.05, 3.63) is 86.6 Å². The van der Waals surface area contributed by atoms with Crippen molar-refractivity contribution in [1.29, 1.82) is 0 Å². The summed E-state index contributed by atoms with van der Waals surface area (Å²) in [6.45, 7) is 3.69. The quantitative estimate of drug-likeness (QED) is 0.392. The van der Waals surface area contributed by atoms with Gasteiger partial charge in [-0.2, -0.15) is 0 Å². The number of hydrogen-bond donors (Lipinski definition) is 2. The highest BCUT2D eigenvalue weighted by Crippen LogP contribution is 2.33. The lowest BCUT2D eigenvalue weighted by Gasteiger charge is -2.29. The fraction of sp³-hybridized carbons (Fsp3) is 0.192. The fourth-order valence-electron chi connectivity index (χ4n) is 3.57. The summed E-state index contributed by atoms with van der Waals surface area (Å²) in [6, 6.07) is 13.9. The summed E-state index contributed by atoms with van der Waals surface area (Å²) in [5, 5.41) is 5.77. The first kappa shape index (κ1) is 25.7. The van der Waals surface area contributed by atoms with Crippen molar-refractivity contribution in [1.82, 2.24) is 5.32 Å². The molecule has 186 valence electrons. The van der Waals surface area contributed by atoms with Gasteiger partial charge in [0, 0.05) is 22.6 Å². The van der Waals surface area contributed by atoms with Crippen LogP contribution in [0.2, 0.25) is 5.02 Å². The van der Waals surface area contributed by atoms with Gasteiger partial charge in [-0.1, -0.05) is 47.4 Å². The van der Waals surface area contributed by atoms with Crippen molar-refractivity contribution >= 4 is 56.6 Å². The number of benzene rings is 3. The Bertz CT molecular complexity index is 1370.